The number of hydrogen-bond donors (Lipinski definition) is 1. The van der Waals surface area contributed by atoms with Gasteiger partial charge in [-0.1, -0.05) is 53.9 Å². The number of fused-ring (bicyclic) bond motifs is 4. The van der Waals surface area contributed by atoms with Crippen molar-refractivity contribution in [2.45, 2.75) is 123 Å². The Morgan fingerprint density at radius 1 is 0.966 bits per heavy atom. The molecule has 2 nitrogen and oxygen atoms in total. The van der Waals surface area contributed by atoms with Gasteiger partial charge in [-0.2, -0.15) is 0 Å². The van der Waals surface area contributed by atoms with E-state index in [0.717, 1.165) is 48.3 Å². The third-order valence-electron chi connectivity index (χ3n) is 11.3. The largest absolute Gasteiger partial charge is 0.393 e. The van der Waals surface area contributed by atoms with Crippen molar-refractivity contribution in [1.29, 1.82) is 0 Å². The smallest absolute Gasteiger partial charge is 0.103 e. The zero-order valence-electron chi connectivity index (χ0n) is 19.8. The van der Waals surface area contributed by atoms with Crippen LogP contribution in [0.3, 0.4) is 0 Å². The highest BCUT2D eigenvalue weighted by molar-refractivity contribution is 5.24. The lowest BCUT2D eigenvalue weighted by Crippen LogP contribution is -2.58. The molecule has 1 saturated heterocycles. The highest BCUT2D eigenvalue weighted by atomic mass is 16.6. The zero-order chi connectivity index (χ0) is 20.6. The fraction of sp³-hybridized carbons (Fsp3) is 1.00. The van der Waals surface area contributed by atoms with Gasteiger partial charge in [0.15, 0.2) is 0 Å². The molecule has 5 aliphatic rings. The molecular formula is C27H46O2. The van der Waals surface area contributed by atoms with Crippen LogP contribution in [-0.2, 0) is 4.74 Å². The lowest BCUT2D eigenvalue weighted by molar-refractivity contribution is -0.116. The molecule has 0 unspecified atom stereocenters. The molecule has 0 aromatic heterocycles. The molecule has 4 aliphatic carbocycles. The number of ether oxygens (including phenoxy) is 1. The van der Waals surface area contributed by atoms with Crippen LogP contribution >= 0.6 is 0 Å². The molecule has 5 rings (SSSR count). The van der Waals surface area contributed by atoms with Gasteiger partial charge in [0.05, 0.1) is 12.2 Å². The fourth-order valence-corrected chi connectivity index (χ4v) is 9.68. The molecule has 5 fully saturated rings. The van der Waals surface area contributed by atoms with Gasteiger partial charge in [0, 0.05) is 11.8 Å². The summed E-state index contributed by atoms with van der Waals surface area (Å²) in [5.74, 6) is 5.31. The first kappa shape index (κ1) is 20.8. The quantitative estimate of drug-likeness (QED) is 0.525. The predicted molar refractivity (Wildman–Crippen MR) is 119 cm³/mol. The molecule has 0 aromatic carbocycles. The maximum atomic E-state index is 10.4. The minimum Gasteiger partial charge on any atom is -0.393 e. The van der Waals surface area contributed by atoms with Crippen molar-refractivity contribution >= 4 is 0 Å². The van der Waals surface area contributed by atoms with Gasteiger partial charge in [0.2, 0.25) is 0 Å². The number of aliphatic hydroxyl groups is 1. The Morgan fingerprint density at radius 2 is 1.76 bits per heavy atom. The first-order chi connectivity index (χ1) is 13.7. The van der Waals surface area contributed by atoms with E-state index in [1.807, 2.05) is 0 Å². The average molecular weight is 403 g/mol. The summed E-state index contributed by atoms with van der Waals surface area (Å²) in [7, 11) is 0. The van der Waals surface area contributed by atoms with E-state index < -0.39 is 0 Å². The van der Waals surface area contributed by atoms with E-state index in [2.05, 4.69) is 34.6 Å². The predicted octanol–water partition coefficient (Wildman–Crippen LogP) is 6.60. The van der Waals surface area contributed by atoms with Gasteiger partial charge in [-0.05, 0) is 85.9 Å². The van der Waals surface area contributed by atoms with Crippen molar-refractivity contribution in [3.63, 3.8) is 0 Å². The Bertz CT molecular complexity index is 630. The van der Waals surface area contributed by atoms with Gasteiger partial charge < -0.3 is 9.84 Å². The Labute approximate surface area is 179 Å². The molecule has 1 heterocycles. The molecule has 0 radical (unpaired) electrons. The minimum absolute atomic E-state index is 0.0434. The number of aliphatic hydroxyl groups excluding tert-OH is 1. The van der Waals surface area contributed by atoms with Crippen LogP contribution in [0, 0.1) is 46.3 Å². The summed E-state index contributed by atoms with van der Waals surface area (Å²) < 4.78 is 6.51. The van der Waals surface area contributed by atoms with Gasteiger partial charge in [-0.3, -0.25) is 0 Å². The molecule has 2 heteroatoms. The molecule has 29 heavy (non-hydrogen) atoms. The summed E-state index contributed by atoms with van der Waals surface area (Å²) in [6.45, 7) is 12.6. The lowest BCUT2D eigenvalue weighted by Gasteiger charge is -2.59. The molecule has 1 aliphatic heterocycles. The van der Waals surface area contributed by atoms with Gasteiger partial charge in [-0.25, -0.2) is 0 Å². The van der Waals surface area contributed by atoms with Crippen LogP contribution < -0.4 is 0 Å². The van der Waals surface area contributed by atoms with Crippen LogP contribution in [0.4, 0.5) is 0 Å². The summed E-state index contributed by atoms with van der Waals surface area (Å²) in [5.41, 5.74) is 0.932. The van der Waals surface area contributed by atoms with E-state index >= 15 is 0 Å². The summed E-state index contributed by atoms with van der Waals surface area (Å²) in [5, 5.41) is 10.4. The van der Waals surface area contributed by atoms with Crippen molar-refractivity contribution in [3.05, 3.63) is 0 Å². The SMILES string of the molecule is CC(C)CCC[C@H](C)[C@@H]1CC[C@@H]2[C@H]3C[C@H]4O[C@]45C[C@H](O)CC[C@@]5(C)[C@@H]3CC[C@]21C. The first-order valence-corrected chi connectivity index (χ1v) is 13.1. The van der Waals surface area contributed by atoms with Crippen LogP contribution in [0.15, 0.2) is 0 Å². The second-order valence-electron chi connectivity index (χ2n) is 13.0. The number of hydrogen-bond acceptors (Lipinski definition) is 2. The van der Waals surface area contributed by atoms with Gasteiger partial charge in [0.1, 0.15) is 5.60 Å². The molecule has 1 N–H and O–H groups in total. The van der Waals surface area contributed by atoms with E-state index in [4.69, 9.17) is 4.74 Å². The molecule has 166 valence electrons. The third-order valence-corrected chi connectivity index (χ3v) is 11.3. The van der Waals surface area contributed by atoms with Crippen LogP contribution in [-0.4, -0.2) is 22.9 Å². The molecule has 10 atom stereocenters. The van der Waals surface area contributed by atoms with E-state index in [-0.39, 0.29) is 11.7 Å². The minimum atomic E-state index is -0.124. The van der Waals surface area contributed by atoms with E-state index in [1.54, 1.807) is 0 Å². The van der Waals surface area contributed by atoms with Gasteiger partial charge >= 0.3 is 0 Å². The Kier molecular flexibility index (Phi) is 4.99. The summed E-state index contributed by atoms with van der Waals surface area (Å²) >= 11 is 0. The van der Waals surface area contributed by atoms with Crippen molar-refractivity contribution in [1.82, 2.24) is 0 Å². The van der Waals surface area contributed by atoms with Crippen molar-refractivity contribution in [3.8, 4) is 0 Å². The Hall–Kier alpha value is -0.0800. The fourth-order valence-electron chi connectivity index (χ4n) is 9.68. The second kappa shape index (κ2) is 6.96. The first-order valence-electron chi connectivity index (χ1n) is 13.1. The Balaban J connectivity index is 1.33. The van der Waals surface area contributed by atoms with Gasteiger partial charge in [0.25, 0.3) is 0 Å². The van der Waals surface area contributed by atoms with Crippen molar-refractivity contribution in [2.24, 2.45) is 46.3 Å². The topological polar surface area (TPSA) is 32.8 Å². The third kappa shape index (κ3) is 2.94. The highest BCUT2D eigenvalue weighted by Gasteiger charge is 2.76. The average Bonchev–Trinajstić information content (AvgIpc) is 3.22. The summed E-state index contributed by atoms with van der Waals surface area (Å²) in [6.07, 6.45) is 14.8. The van der Waals surface area contributed by atoms with Crippen LogP contribution in [0.1, 0.15) is 105 Å². The lowest BCUT2D eigenvalue weighted by atomic mass is 9.44. The van der Waals surface area contributed by atoms with Gasteiger partial charge in [-0.15, -0.1) is 0 Å². The van der Waals surface area contributed by atoms with Crippen LogP contribution in [0.25, 0.3) is 0 Å². The number of rotatable bonds is 5. The summed E-state index contributed by atoms with van der Waals surface area (Å²) in [6, 6.07) is 0. The van der Waals surface area contributed by atoms with Crippen LogP contribution in [0.2, 0.25) is 0 Å². The zero-order valence-corrected chi connectivity index (χ0v) is 19.8. The molecule has 1 spiro atoms. The Morgan fingerprint density at radius 3 is 2.52 bits per heavy atom. The molecule has 0 aromatic rings. The van der Waals surface area contributed by atoms with Crippen molar-refractivity contribution < 1.29 is 9.84 Å². The van der Waals surface area contributed by atoms with E-state index in [0.29, 0.717) is 16.9 Å². The molecule has 4 saturated carbocycles. The summed E-state index contributed by atoms with van der Waals surface area (Å²) in [4.78, 5) is 0. The second-order valence-corrected chi connectivity index (χ2v) is 13.0. The normalized spacial score (nSPS) is 54.3. The molecule has 0 amide bonds. The van der Waals surface area contributed by atoms with Crippen molar-refractivity contribution in [2.75, 3.05) is 0 Å². The highest BCUT2D eigenvalue weighted by Crippen LogP contribution is 2.74. The number of epoxide rings is 1. The molecule has 0 bridgehead atoms. The van der Waals surface area contributed by atoms with E-state index in [9.17, 15) is 5.11 Å². The monoisotopic (exact) mass is 402 g/mol. The van der Waals surface area contributed by atoms with Crippen LogP contribution in [0.5, 0.6) is 0 Å². The molecular weight excluding hydrogens is 356 g/mol. The maximum Gasteiger partial charge on any atom is 0.103 e. The standard InChI is InChI=1S/C27H46O2/c1-17(2)7-6-8-18(3)21-9-10-22-20-15-24-27(29-24)16-19(28)11-14-26(27,5)23(20)12-13-25(21,22)4/h17-24,28H,6-16H2,1-5H3/t18-,19+,20+,21-,22+,23+,24+,25-,26-,27+/m0/s1. The maximum absolute atomic E-state index is 10.4. The van der Waals surface area contributed by atoms with E-state index in [1.165, 1.54) is 57.8 Å².